The van der Waals surface area contributed by atoms with Crippen LogP contribution in [-0.4, -0.2) is 234 Å². The van der Waals surface area contributed by atoms with Crippen LogP contribution in [0.3, 0.4) is 0 Å². The molecule has 16 atom stereocenters. The van der Waals surface area contributed by atoms with Crippen LogP contribution in [-0.2, 0) is 73.5 Å². The summed E-state index contributed by atoms with van der Waals surface area (Å²) in [6.45, 7) is 16.4. The van der Waals surface area contributed by atoms with Gasteiger partial charge in [-0.05, 0) is 88.7 Å². The molecule has 542 valence electrons. The molecule has 20 N–H and O–H groups in total. The molecule has 0 unspecified atom stereocenters. The first kappa shape index (κ1) is 82.4. The van der Waals surface area contributed by atoms with Crippen LogP contribution in [0.5, 0.6) is 0 Å². The first-order chi connectivity index (χ1) is 45.4. The van der Waals surface area contributed by atoms with Crippen LogP contribution >= 0.6 is 0 Å². The number of hydrogen-bond donors (Lipinski definition) is 19. The SMILES string of the molecule is CC[C@H](C)[C@H](NC(=O)[C@H](CC(C)C)NC(=O)[C@H](CC(C)C)NC(=O)[C@H](CO)NC(=O)[C@@H](N)[C@@H](C)O)C(=O)N[C@@H](CO)C(=O)N[C@@H](Cc1c[nH]c2ccccc12)C(=O)N[C@@H](CC(=O)O)C(=O)N[C@@H](C)C(=O)N1CCC[C@H]1C(=O)N[C@@H](C)C(=O)N[C@H](C(=O)N[C@H](C(=O)O)[C@@H](C)O)C(C)C. The molecule has 0 aliphatic carbocycles. The summed E-state index contributed by atoms with van der Waals surface area (Å²) in [4.78, 5) is 194. The number of amides is 12. The van der Waals surface area contributed by atoms with Gasteiger partial charge in [-0.3, -0.25) is 62.3 Å². The van der Waals surface area contributed by atoms with Gasteiger partial charge in [0.25, 0.3) is 0 Å². The highest BCUT2D eigenvalue weighted by Gasteiger charge is 2.41. The number of aromatic nitrogens is 1. The second-order valence-corrected chi connectivity index (χ2v) is 25.7. The van der Waals surface area contributed by atoms with Crippen molar-refractivity contribution in [3.05, 3.63) is 36.0 Å². The summed E-state index contributed by atoms with van der Waals surface area (Å²) in [5.74, 6) is -16.4. The van der Waals surface area contributed by atoms with Crippen molar-refractivity contribution in [1.29, 1.82) is 0 Å². The number of fused-ring (bicyclic) bond motifs is 1. The number of benzene rings is 1. The van der Waals surface area contributed by atoms with Crippen molar-refractivity contribution in [3.8, 4) is 0 Å². The number of carboxylic acid groups (broad SMARTS) is 2. The monoisotopic (exact) mass is 1370 g/mol. The van der Waals surface area contributed by atoms with Gasteiger partial charge < -0.3 is 105 Å². The van der Waals surface area contributed by atoms with E-state index in [0.717, 1.165) is 11.8 Å². The highest BCUT2D eigenvalue weighted by Crippen LogP contribution is 2.22. The Kier molecular flexibility index (Phi) is 32.9. The van der Waals surface area contributed by atoms with E-state index in [1.54, 1.807) is 79.7 Å². The van der Waals surface area contributed by atoms with Crippen LogP contribution in [0.1, 0.15) is 127 Å². The molecule has 0 spiro atoms. The van der Waals surface area contributed by atoms with Crippen LogP contribution < -0.4 is 64.2 Å². The number of nitrogens with two attached hydrogens (primary N) is 1. The summed E-state index contributed by atoms with van der Waals surface area (Å²) in [5, 5.41) is 87.1. The van der Waals surface area contributed by atoms with Gasteiger partial charge in [0.05, 0.1) is 31.8 Å². The number of nitrogens with zero attached hydrogens (tertiary/aromatic N) is 1. The predicted molar refractivity (Wildman–Crippen MR) is 348 cm³/mol. The lowest BCUT2D eigenvalue weighted by Gasteiger charge is -2.30. The summed E-state index contributed by atoms with van der Waals surface area (Å²) in [6.07, 6.45) is -2.01. The minimum Gasteiger partial charge on any atom is -0.481 e. The molecule has 34 nitrogen and oxygen atoms in total. The van der Waals surface area contributed by atoms with Crippen LogP contribution in [0, 0.1) is 23.7 Å². The van der Waals surface area contributed by atoms with Gasteiger partial charge in [0, 0.05) is 30.1 Å². The number of para-hydroxylation sites is 1. The molecule has 34 heteroatoms. The van der Waals surface area contributed by atoms with E-state index in [1.807, 2.05) is 0 Å². The average molecular weight is 1370 g/mol. The number of aliphatic carboxylic acids is 2. The molecule has 1 aliphatic rings. The minimum atomic E-state index is -1.93. The summed E-state index contributed by atoms with van der Waals surface area (Å²) in [7, 11) is 0. The zero-order chi connectivity index (χ0) is 73.5. The molecule has 1 fully saturated rings. The lowest BCUT2D eigenvalue weighted by atomic mass is 9.96. The number of H-pyrrole nitrogens is 1. The number of rotatable bonds is 39. The number of aliphatic hydroxyl groups is 4. The molecule has 3 rings (SSSR count). The van der Waals surface area contributed by atoms with Gasteiger partial charge in [-0.1, -0.05) is 80.0 Å². The molecule has 1 aromatic heterocycles. The van der Waals surface area contributed by atoms with E-state index in [2.05, 4.69) is 63.5 Å². The fourth-order valence-electron chi connectivity index (χ4n) is 10.4. The van der Waals surface area contributed by atoms with Crippen LogP contribution in [0.25, 0.3) is 10.9 Å². The number of hydrogen-bond acceptors (Lipinski definition) is 19. The Morgan fingerprint density at radius 2 is 1.00 bits per heavy atom. The molecule has 0 bridgehead atoms. The number of aromatic amines is 1. The quantitative estimate of drug-likeness (QED) is 0.0300. The van der Waals surface area contributed by atoms with Crippen molar-refractivity contribution in [2.75, 3.05) is 19.8 Å². The van der Waals surface area contributed by atoms with Gasteiger partial charge >= 0.3 is 11.9 Å². The molecule has 97 heavy (non-hydrogen) atoms. The highest BCUT2D eigenvalue weighted by atomic mass is 16.4. The van der Waals surface area contributed by atoms with E-state index in [0.29, 0.717) is 22.9 Å². The summed E-state index contributed by atoms with van der Waals surface area (Å²) < 4.78 is 0. The van der Waals surface area contributed by atoms with E-state index in [4.69, 9.17) is 5.73 Å². The number of carboxylic acids is 2. The van der Waals surface area contributed by atoms with Crippen molar-refractivity contribution in [1.82, 2.24) is 68.4 Å². The van der Waals surface area contributed by atoms with E-state index in [9.17, 15) is 97.8 Å². The van der Waals surface area contributed by atoms with Gasteiger partial charge in [0.2, 0.25) is 70.9 Å². The number of carbonyl (C=O) groups excluding carboxylic acids is 12. The van der Waals surface area contributed by atoms with Crippen molar-refractivity contribution in [2.45, 2.75) is 219 Å². The smallest absolute Gasteiger partial charge is 0.328 e. The normalized spacial score (nSPS) is 17.7. The second-order valence-electron chi connectivity index (χ2n) is 25.7. The molecule has 2 aromatic rings. The van der Waals surface area contributed by atoms with Crippen molar-refractivity contribution >= 4 is 93.7 Å². The Hall–Kier alpha value is -8.86. The fraction of sp³-hybridized carbons (Fsp3) is 0.651. The third kappa shape index (κ3) is 24.9. The summed E-state index contributed by atoms with van der Waals surface area (Å²) in [6, 6.07) is -12.8. The molecule has 2 heterocycles. The van der Waals surface area contributed by atoms with Crippen molar-refractivity contribution < 1.29 is 97.8 Å². The molecule has 12 amide bonds. The van der Waals surface area contributed by atoms with Gasteiger partial charge in [0.15, 0.2) is 6.04 Å². The van der Waals surface area contributed by atoms with Crippen LogP contribution in [0.15, 0.2) is 30.5 Å². The zero-order valence-electron chi connectivity index (χ0n) is 56.9. The third-order valence-corrected chi connectivity index (χ3v) is 16.3. The first-order valence-corrected chi connectivity index (χ1v) is 32.3. The molecule has 1 aliphatic heterocycles. The molecule has 1 saturated heterocycles. The predicted octanol–water partition coefficient (Wildman–Crippen LogP) is -4.50. The zero-order valence-corrected chi connectivity index (χ0v) is 56.9. The van der Waals surface area contributed by atoms with E-state index in [-0.39, 0.29) is 50.5 Å². The fourth-order valence-corrected chi connectivity index (χ4v) is 10.4. The number of likely N-dealkylation sites (tertiary alicyclic amines) is 1. The van der Waals surface area contributed by atoms with Gasteiger partial charge in [-0.25, -0.2) is 4.79 Å². The molecular weight excluding hydrogens is 1270 g/mol. The molecule has 0 radical (unpaired) electrons. The Morgan fingerprint density at radius 3 is 1.51 bits per heavy atom. The van der Waals surface area contributed by atoms with E-state index in [1.165, 1.54) is 27.0 Å². The standard InChI is InChI=1S/C63H100N14O20/c1-13-31(8)49(75-55(88)40(22-29(4)5)68-53(86)39(21-28(2)3)69-56(89)43(26-78)72-59(92)47(64)34(11)80)61(94)73-44(27-79)57(90)70-41(23-36-25-65-38-18-15-14-17-37(36)38)54(87)71-42(24-46(82)83)52(85)67-33(10)62(95)77-20-16-19-45(77)58(91)66-32(9)51(84)74-48(30(6)7)60(93)76-50(35(12)81)63(96)97/h14-15,17-18,25,28-35,39-45,47-50,65,78-81H,13,16,19-24,26-27,64H2,1-12H3,(H,66,91)(H,67,85)(H,68,86)(H,69,89)(H,70,90)(H,71,87)(H,72,92)(H,73,94)(H,74,84)(H,75,88)(H,76,93)(H,82,83)(H,96,97)/t31-,32-,33-,34+,35+,39-,40-,41-,42-,43-,44-,45-,47-,48-,49-,50-/m0/s1. The minimum absolute atomic E-state index is 0.000151. The molecule has 0 saturated carbocycles. The second kappa shape index (κ2) is 38.8. The third-order valence-electron chi connectivity index (χ3n) is 16.3. The van der Waals surface area contributed by atoms with Crippen molar-refractivity contribution in [2.24, 2.45) is 29.4 Å². The van der Waals surface area contributed by atoms with Crippen LogP contribution in [0.4, 0.5) is 0 Å². The maximum atomic E-state index is 14.5. The van der Waals surface area contributed by atoms with E-state index < -0.39 is 205 Å². The Balaban J connectivity index is 1.86. The van der Waals surface area contributed by atoms with Gasteiger partial charge in [0.1, 0.15) is 72.5 Å². The Morgan fingerprint density at radius 1 is 0.536 bits per heavy atom. The topological polar surface area (TPSA) is 538 Å². The summed E-state index contributed by atoms with van der Waals surface area (Å²) in [5.41, 5.74) is 6.73. The number of aliphatic hydroxyl groups excluding tert-OH is 4. The summed E-state index contributed by atoms with van der Waals surface area (Å²) >= 11 is 0. The molecule has 1 aromatic carbocycles. The maximum Gasteiger partial charge on any atom is 0.328 e. The number of carbonyl (C=O) groups is 14. The van der Waals surface area contributed by atoms with Gasteiger partial charge in [-0.15, -0.1) is 0 Å². The lowest BCUT2D eigenvalue weighted by molar-refractivity contribution is -0.145. The maximum absolute atomic E-state index is 14.5. The Labute approximate surface area is 562 Å². The first-order valence-electron chi connectivity index (χ1n) is 32.3. The van der Waals surface area contributed by atoms with Crippen LogP contribution in [0.2, 0.25) is 0 Å². The van der Waals surface area contributed by atoms with E-state index >= 15 is 0 Å². The Bertz CT molecular complexity index is 3100. The lowest BCUT2D eigenvalue weighted by Crippen LogP contribution is -2.62. The molecular formula is C63H100N14O20. The highest BCUT2D eigenvalue weighted by molar-refractivity contribution is 6.01. The van der Waals surface area contributed by atoms with Crippen molar-refractivity contribution in [3.63, 3.8) is 0 Å². The van der Waals surface area contributed by atoms with Gasteiger partial charge in [-0.2, -0.15) is 0 Å². The number of nitrogens with one attached hydrogen (secondary N) is 12. The largest absolute Gasteiger partial charge is 0.481 e. The average Bonchev–Trinajstić information content (AvgIpc) is 1.74.